The van der Waals surface area contributed by atoms with Crippen LogP contribution in [0.15, 0.2) is 77.3 Å². The minimum Gasteiger partial charge on any atom is -0.497 e. The summed E-state index contributed by atoms with van der Waals surface area (Å²) in [5.74, 6) is 0.0854. The third-order valence-electron chi connectivity index (χ3n) is 3.56. The Morgan fingerprint density at radius 1 is 1.04 bits per heavy atom. The topological polar surface area (TPSA) is 47.9 Å². The molecular weight excluding hydrogens is 334 g/mol. The normalized spacial score (nSPS) is 11.2. The van der Waals surface area contributed by atoms with Gasteiger partial charge in [-0.25, -0.2) is 4.79 Å². The molecule has 1 heterocycles. The van der Waals surface area contributed by atoms with Gasteiger partial charge in [0.05, 0.1) is 17.6 Å². The molecule has 3 rings (SSSR count). The van der Waals surface area contributed by atoms with Gasteiger partial charge in [-0.05, 0) is 35.2 Å². The van der Waals surface area contributed by atoms with Crippen LogP contribution in [0.4, 0.5) is 0 Å². The van der Waals surface area contributed by atoms with Crippen LogP contribution >= 0.6 is 11.3 Å². The Kier molecular flexibility index (Phi) is 5.59. The minimum atomic E-state index is -0.513. The molecule has 0 amide bonds. The summed E-state index contributed by atoms with van der Waals surface area (Å²) in [4.78, 5) is 18.4. The fourth-order valence-corrected chi connectivity index (χ4v) is 3.00. The van der Waals surface area contributed by atoms with Crippen LogP contribution in [0.25, 0.3) is 0 Å². The number of methoxy groups -OCH3 is 1. The largest absolute Gasteiger partial charge is 0.497 e. The van der Waals surface area contributed by atoms with E-state index in [4.69, 9.17) is 9.57 Å². The predicted octanol–water partition coefficient (Wildman–Crippen LogP) is 4.56. The smallest absolute Gasteiger partial charge is 0.365 e. The molecule has 0 fully saturated rings. The highest BCUT2D eigenvalue weighted by Gasteiger charge is 2.12. The summed E-state index contributed by atoms with van der Waals surface area (Å²) in [5, 5.41) is 6.10. The number of hydrogen-bond donors (Lipinski definition) is 0. The fourth-order valence-electron chi connectivity index (χ4n) is 2.30. The molecule has 0 saturated carbocycles. The first kappa shape index (κ1) is 16.9. The van der Waals surface area contributed by atoms with Crippen molar-refractivity contribution < 1.29 is 14.4 Å². The van der Waals surface area contributed by atoms with E-state index in [1.807, 2.05) is 47.8 Å². The molecule has 0 aliphatic rings. The zero-order valence-corrected chi connectivity index (χ0v) is 14.5. The molecule has 3 aromatic rings. The summed E-state index contributed by atoms with van der Waals surface area (Å²) >= 11 is 1.56. The van der Waals surface area contributed by atoms with Gasteiger partial charge in [0.1, 0.15) is 11.5 Å². The molecule has 5 heteroatoms. The molecule has 0 saturated heterocycles. The highest BCUT2D eigenvalue weighted by atomic mass is 32.1. The number of nitrogens with zero attached hydrogens (tertiary/aromatic N) is 1. The Morgan fingerprint density at radius 2 is 1.88 bits per heavy atom. The van der Waals surface area contributed by atoms with Gasteiger partial charge in [-0.2, -0.15) is 0 Å². The lowest BCUT2D eigenvalue weighted by Crippen LogP contribution is -2.08. The second kappa shape index (κ2) is 8.26. The maximum Gasteiger partial charge on any atom is 0.365 e. The van der Waals surface area contributed by atoms with Crippen LogP contribution in [0, 0.1) is 0 Å². The quantitative estimate of drug-likeness (QED) is 0.371. The second-order valence-corrected chi connectivity index (χ2v) is 6.24. The lowest BCUT2D eigenvalue weighted by molar-refractivity contribution is 0.0515. The summed E-state index contributed by atoms with van der Waals surface area (Å²) in [6.45, 7) is 0. The summed E-state index contributed by atoms with van der Waals surface area (Å²) in [5.41, 5.74) is 2.22. The zero-order valence-electron chi connectivity index (χ0n) is 13.7. The number of ether oxygens (including phenoxy) is 1. The Balaban J connectivity index is 1.79. The van der Waals surface area contributed by atoms with E-state index < -0.39 is 5.97 Å². The van der Waals surface area contributed by atoms with Crippen LogP contribution in [0.5, 0.6) is 5.75 Å². The van der Waals surface area contributed by atoms with Gasteiger partial charge in [-0.1, -0.05) is 47.6 Å². The van der Waals surface area contributed by atoms with Crippen molar-refractivity contribution in [3.63, 3.8) is 0 Å². The van der Waals surface area contributed by atoms with Gasteiger partial charge in [0.25, 0.3) is 0 Å². The van der Waals surface area contributed by atoms with E-state index in [0.29, 0.717) is 17.7 Å². The van der Waals surface area contributed by atoms with Crippen molar-refractivity contribution in [1.29, 1.82) is 0 Å². The predicted molar refractivity (Wildman–Crippen MR) is 99.4 cm³/mol. The van der Waals surface area contributed by atoms with Crippen molar-refractivity contribution in [3.05, 3.63) is 88.1 Å². The molecule has 0 aliphatic heterocycles. The minimum absolute atomic E-state index is 0.397. The van der Waals surface area contributed by atoms with Crippen molar-refractivity contribution in [3.8, 4) is 5.75 Å². The number of oxime groups is 1. The summed E-state index contributed by atoms with van der Waals surface area (Å²) < 4.78 is 5.13. The lowest BCUT2D eigenvalue weighted by Gasteiger charge is -2.05. The van der Waals surface area contributed by atoms with Crippen LogP contribution in [0.1, 0.15) is 20.8 Å². The third-order valence-corrected chi connectivity index (χ3v) is 4.48. The molecule has 126 valence electrons. The highest BCUT2D eigenvalue weighted by Crippen LogP contribution is 2.16. The summed E-state index contributed by atoms with van der Waals surface area (Å²) in [6, 6.07) is 20.7. The molecule has 0 N–H and O–H groups in total. The molecule has 25 heavy (non-hydrogen) atoms. The molecule has 0 radical (unpaired) electrons. The Labute approximate surface area is 150 Å². The molecular formula is C20H17NO3S. The van der Waals surface area contributed by atoms with Gasteiger partial charge >= 0.3 is 5.97 Å². The van der Waals surface area contributed by atoms with Crippen molar-refractivity contribution in [2.24, 2.45) is 5.16 Å². The van der Waals surface area contributed by atoms with Crippen molar-refractivity contribution in [2.75, 3.05) is 7.11 Å². The van der Waals surface area contributed by atoms with Crippen LogP contribution in [0.3, 0.4) is 0 Å². The summed E-state index contributed by atoms with van der Waals surface area (Å²) in [7, 11) is 1.55. The number of carbonyl (C=O) groups excluding carboxylic acids is 1. The average Bonchev–Trinajstić information content (AvgIpc) is 3.20. The fraction of sp³-hybridized carbons (Fsp3) is 0.100. The van der Waals surface area contributed by atoms with Crippen molar-refractivity contribution in [1.82, 2.24) is 0 Å². The van der Waals surface area contributed by atoms with E-state index in [9.17, 15) is 4.79 Å². The molecule has 0 aliphatic carbocycles. The van der Waals surface area contributed by atoms with Crippen LogP contribution in [-0.4, -0.2) is 18.8 Å². The van der Waals surface area contributed by atoms with Gasteiger partial charge in [0, 0.05) is 6.42 Å². The maximum absolute atomic E-state index is 12.3. The van der Waals surface area contributed by atoms with Gasteiger partial charge in [-0.15, -0.1) is 11.3 Å². The van der Waals surface area contributed by atoms with Gasteiger partial charge in [-0.3, -0.25) is 0 Å². The highest BCUT2D eigenvalue weighted by molar-refractivity contribution is 7.12. The Hall–Kier alpha value is -2.92. The molecule has 0 unspecified atom stereocenters. The molecule has 0 atom stereocenters. The van der Waals surface area contributed by atoms with E-state index in [1.54, 1.807) is 42.7 Å². The molecule has 1 aromatic heterocycles. The van der Waals surface area contributed by atoms with Gasteiger partial charge < -0.3 is 9.57 Å². The number of hydrogen-bond acceptors (Lipinski definition) is 5. The Morgan fingerprint density at radius 3 is 2.60 bits per heavy atom. The van der Waals surface area contributed by atoms with E-state index in [1.165, 1.54) is 0 Å². The number of rotatable bonds is 6. The van der Waals surface area contributed by atoms with E-state index in [0.717, 1.165) is 16.2 Å². The number of carbonyl (C=O) groups is 1. The van der Waals surface area contributed by atoms with Gasteiger partial charge in [0.15, 0.2) is 0 Å². The number of benzene rings is 2. The summed E-state index contributed by atoms with van der Waals surface area (Å²) in [6.07, 6.45) is 0.590. The number of thiophene rings is 1. The van der Waals surface area contributed by atoms with Gasteiger partial charge in [0.2, 0.25) is 0 Å². The molecule has 2 aromatic carbocycles. The monoisotopic (exact) mass is 351 g/mol. The lowest BCUT2D eigenvalue weighted by atomic mass is 10.1. The first-order chi connectivity index (χ1) is 12.3. The third kappa shape index (κ3) is 4.55. The van der Waals surface area contributed by atoms with E-state index >= 15 is 0 Å². The molecule has 0 spiro atoms. The molecule has 0 bridgehead atoms. The SMILES string of the molecule is COc1cccc(C(=O)O/N=C(/Cc2ccccc2)c2cccs2)c1. The van der Waals surface area contributed by atoms with Crippen molar-refractivity contribution >= 4 is 23.0 Å². The average molecular weight is 351 g/mol. The van der Waals surface area contributed by atoms with Crippen LogP contribution < -0.4 is 4.74 Å². The zero-order chi connectivity index (χ0) is 17.5. The van der Waals surface area contributed by atoms with Crippen LogP contribution in [-0.2, 0) is 11.3 Å². The van der Waals surface area contributed by atoms with E-state index in [2.05, 4.69) is 5.16 Å². The first-order valence-corrected chi connectivity index (χ1v) is 8.64. The first-order valence-electron chi connectivity index (χ1n) is 7.76. The molecule has 4 nitrogen and oxygen atoms in total. The van der Waals surface area contributed by atoms with E-state index in [-0.39, 0.29) is 0 Å². The maximum atomic E-state index is 12.3. The standard InChI is InChI=1S/C20H17NO3S/c1-23-17-10-5-9-16(14-17)20(22)24-21-18(19-11-6-12-25-19)13-15-7-3-2-4-8-15/h2-12,14H,13H2,1H3/b21-18-. The second-order valence-electron chi connectivity index (χ2n) is 5.29. The van der Waals surface area contributed by atoms with Crippen molar-refractivity contribution in [2.45, 2.75) is 6.42 Å². The Bertz CT molecular complexity index is 858. The van der Waals surface area contributed by atoms with Crippen LogP contribution in [0.2, 0.25) is 0 Å².